The first-order chi connectivity index (χ1) is 19.2. The van der Waals surface area contributed by atoms with Crippen molar-refractivity contribution >= 4 is 5.97 Å². The summed E-state index contributed by atoms with van der Waals surface area (Å²) in [4.78, 5) is 39.9. The number of rotatable bonds is 8. The van der Waals surface area contributed by atoms with E-state index in [2.05, 4.69) is 4.90 Å². The summed E-state index contributed by atoms with van der Waals surface area (Å²) in [6.07, 6.45) is 0.726. The van der Waals surface area contributed by atoms with Crippen molar-refractivity contribution in [2.45, 2.75) is 37.8 Å². The molecule has 0 spiro atoms. The number of ether oxygens (including phenoxy) is 3. The van der Waals surface area contributed by atoms with Gasteiger partial charge in [-0.15, -0.1) is 0 Å². The average Bonchev–Trinajstić information content (AvgIpc) is 2.94. The van der Waals surface area contributed by atoms with E-state index in [9.17, 15) is 24.6 Å². The maximum absolute atomic E-state index is 12.9. The number of phenols is 1. The SMILES string of the molecule is COC(=O)CC(c1cc(OC)c(O)c(OC)c1)c1oc(CN2C[C@H]3C[C@@H](C2)c2cccc(=O)n2C3)cc(=O)c1O. The first-order valence-corrected chi connectivity index (χ1v) is 13.0. The molecule has 0 saturated carbocycles. The van der Waals surface area contributed by atoms with Gasteiger partial charge < -0.3 is 33.4 Å². The lowest BCUT2D eigenvalue weighted by molar-refractivity contribution is -0.140. The van der Waals surface area contributed by atoms with Crippen molar-refractivity contribution in [3.63, 3.8) is 0 Å². The second kappa shape index (κ2) is 11.1. The van der Waals surface area contributed by atoms with Crippen molar-refractivity contribution in [2.24, 2.45) is 5.92 Å². The van der Waals surface area contributed by atoms with Crippen molar-refractivity contribution in [1.82, 2.24) is 9.47 Å². The average molecular weight is 553 g/mol. The van der Waals surface area contributed by atoms with E-state index in [1.807, 2.05) is 10.6 Å². The van der Waals surface area contributed by atoms with Crippen LogP contribution in [0.15, 0.2) is 50.4 Å². The third-order valence-electron chi connectivity index (χ3n) is 7.75. The zero-order valence-electron chi connectivity index (χ0n) is 22.6. The summed E-state index contributed by atoms with van der Waals surface area (Å²) in [6, 6.07) is 9.59. The fraction of sp³-hybridized carbons (Fsp3) is 0.414. The molecule has 5 rings (SSSR count). The van der Waals surface area contributed by atoms with Crippen molar-refractivity contribution in [1.29, 1.82) is 0 Å². The Kier molecular flexibility index (Phi) is 7.57. The quantitative estimate of drug-likeness (QED) is 0.401. The number of aromatic nitrogens is 1. The molecule has 2 N–H and O–H groups in total. The van der Waals surface area contributed by atoms with Crippen LogP contribution in [0.25, 0.3) is 0 Å². The van der Waals surface area contributed by atoms with Gasteiger partial charge in [-0.2, -0.15) is 0 Å². The van der Waals surface area contributed by atoms with Gasteiger partial charge in [-0.05, 0) is 36.1 Å². The van der Waals surface area contributed by atoms with Crippen LogP contribution in [0.1, 0.15) is 47.5 Å². The number of benzene rings is 1. The molecule has 0 radical (unpaired) electrons. The zero-order chi connectivity index (χ0) is 28.6. The molecule has 11 nitrogen and oxygen atoms in total. The fourth-order valence-electron chi connectivity index (χ4n) is 5.94. The van der Waals surface area contributed by atoms with E-state index in [4.69, 9.17) is 18.6 Å². The van der Waals surface area contributed by atoms with Crippen LogP contribution in [0, 0.1) is 5.92 Å². The molecule has 2 aliphatic rings. The molecule has 1 unspecified atom stereocenters. The lowest BCUT2D eigenvalue weighted by atomic mass is 9.83. The molecule has 212 valence electrons. The van der Waals surface area contributed by atoms with Crippen molar-refractivity contribution < 1.29 is 33.6 Å². The zero-order valence-corrected chi connectivity index (χ0v) is 22.6. The molecule has 0 amide bonds. The number of fused-ring (bicyclic) bond motifs is 4. The number of carbonyl (C=O) groups is 1. The Bertz CT molecular complexity index is 1520. The summed E-state index contributed by atoms with van der Waals surface area (Å²) in [5.41, 5.74) is 0.781. The number of methoxy groups -OCH3 is 3. The van der Waals surface area contributed by atoms with Crippen molar-refractivity contribution in [3.8, 4) is 23.0 Å². The monoisotopic (exact) mass is 552 g/mol. The first-order valence-electron chi connectivity index (χ1n) is 13.0. The molecule has 40 heavy (non-hydrogen) atoms. The van der Waals surface area contributed by atoms with Crippen LogP contribution in [0.4, 0.5) is 0 Å². The molecule has 4 heterocycles. The van der Waals surface area contributed by atoms with Gasteiger partial charge in [-0.3, -0.25) is 19.3 Å². The Balaban J connectivity index is 1.50. The molecule has 3 aromatic rings. The number of pyridine rings is 1. The highest BCUT2D eigenvalue weighted by atomic mass is 16.5. The minimum absolute atomic E-state index is 0.00830. The van der Waals surface area contributed by atoms with E-state index in [1.165, 1.54) is 39.5 Å². The highest BCUT2D eigenvalue weighted by molar-refractivity contribution is 5.71. The van der Waals surface area contributed by atoms with E-state index < -0.39 is 23.1 Å². The standard InChI is InChI=1S/C29H32N2O9/c1-37-23-8-17(9-24(38-2)28(23)36)20(11-26(34)39-3)29-27(35)22(32)10-19(40-29)15-30-12-16-7-18(14-30)21-5-4-6-25(33)31(21)13-16/h4-6,8-10,16,18,20,35-36H,7,11-15H2,1-3H3/t16-,18+,20?/m1/s1. The van der Waals surface area contributed by atoms with Gasteiger partial charge in [-0.25, -0.2) is 0 Å². The second-order valence-electron chi connectivity index (χ2n) is 10.3. The third-order valence-corrected chi connectivity index (χ3v) is 7.75. The molecule has 1 fully saturated rings. The molecule has 0 aliphatic carbocycles. The highest BCUT2D eigenvalue weighted by Crippen LogP contribution is 2.43. The Morgan fingerprint density at radius 2 is 1.75 bits per heavy atom. The minimum Gasteiger partial charge on any atom is -0.502 e. The maximum atomic E-state index is 12.9. The molecule has 2 bridgehead atoms. The summed E-state index contributed by atoms with van der Waals surface area (Å²) in [5.74, 6) is -1.54. The molecular formula is C29H32N2O9. The van der Waals surface area contributed by atoms with Crippen LogP contribution in [0.5, 0.6) is 23.0 Å². The van der Waals surface area contributed by atoms with Crippen molar-refractivity contribution in [2.75, 3.05) is 34.4 Å². The molecule has 2 aliphatic heterocycles. The number of carbonyl (C=O) groups excluding carboxylic acids is 1. The van der Waals surface area contributed by atoms with E-state index in [1.54, 1.807) is 12.1 Å². The highest BCUT2D eigenvalue weighted by Gasteiger charge is 2.35. The lowest BCUT2D eigenvalue weighted by Crippen LogP contribution is -2.46. The molecule has 1 saturated heterocycles. The van der Waals surface area contributed by atoms with Crippen LogP contribution in [-0.4, -0.2) is 60.1 Å². The number of hydrogen-bond acceptors (Lipinski definition) is 10. The number of piperidine rings is 1. The topological polar surface area (TPSA) is 141 Å². The van der Waals surface area contributed by atoms with Crippen molar-refractivity contribution in [3.05, 3.63) is 79.8 Å². The Labute approximate surface area is 230 Å². The van der Waals surface area contributed by atoms with Gasteiger partial charge in [0.1, 0.15) is 5.76 Å². The summed E-state index contributed by atoms with van der Waals surface area (Å²) in [6.45, 7) is 2.34. The van der Waals surface area contributed by atoms with Gasteiger partial charge in [0.15, 0.2) is 17.3 Å². The number of nitrogens with zero attached hydrogens (tertiary/aromatic N) is 2. The Hall–Kier alpha value is -4.25. The Morgan fingerprint density at radius 1 is 1.02 bits per heavy atom. The van der Waals surface area contributed by atoms with Gasteiger partial charge in [-0.1, -0.05) is 6.07 Å². The molecule has 11 heteroatoms. The third kappa shape index (κ3) is 5.16. The second-order valence-corrected chi connectivity index (χ2v) is 10.3. The normalized spacial score (nSPS) is 19.0. The van der Waals surface area contributed by atoms with E-state index >= 15 is 0 Å². The number of esters is 1. The maximum Gasteiger partial charge on any atom is 0.306 e. The van der Waals surface area contributed by atoms with Crippen LogP contribution in [0.3, 0.4) is 0 Å². The molecule has 1 aromatic carbocycles. The summed E-state index contributed by atoms with van der Waals surface area (Å²) in [5, 5.41) is 21.2. The van der Waals surface area contributed by atoms with E-state index in [-0.39, 0.29) is 46.8 Å². The van der Waals surface area contributed by atoms with Crippen LogP contribution in [0.2, 0.25) is 0 Å². The smallest absolute Gasteiger partial charge is 0.306 e. The van der Waals surface area contributed by atoms with Gasteiger partial charge in [0, 0.05) is 43.4 Å². The van der Waals surface area contributed by atoms with E-state index in [0.717, 1.165) is 18.7 Å². The number of likely N-dealkylation sites (tertiary alicyclic amines) is 1. The Morgan fingerprint density at radius 3 is 2.42 bits per heavy atom. The van der Waals surface area contributed by atoms with Gasteiger partial charge in [0.2, 0.25) is 16.9 Å². The summed E-state index contributed by atoms with van der Waals surface area (Å²) in [7, 11) is 3.98. The predicted octanol–water partition coefficient (Wildman–Crippen LogP) is 2.54. The van der Waals surface area contributed by atoms with Crippen LogP contribution >= 0.6 is 0 Å². The summed E-state index contributed by atoms with van der Waals surface area (Å²) >= 11 is 0. The number of phenolic OH excluding ortho intramolecular Hbond substituents is 1. The van der Waals surface area contributed by atoms with Crippen LogP contribution < -0.4 is 20.5 Å². The lowest BCUT2D eigenvalue weighted by Gasteiger charge is -2.42. The first kappa shape index (κ1) is 27.3. The predicted molar refractivity (Wildman–Crippen MR) is 143 cm³/mol. The number of aromatic hydroxyl groups is 2. The van der Waals surface area contributed by atoms with Gasteiger partial charge in [0.25, 0.3) is 5.56 Å². The fourth-order valence-corrected chi connectivity index (χ4v) is 5.94. The van der Waals surface area contributed by atoms with Crippen LogP contribution in [-0.2, 0) is 22.6 Å². The molecule has 3 atom stereocenters. The molecular weight excluding hydrogens is 520 g/mol. The van der Waals surface area contributed by atoms with E-state index in [0.29, 0.717) is 31.0 Å². The van der Waals surface area contributed by atoms with Gasteiger partial charge in [0.05, 0.1) is 40.2 Å². The van der Waals surface area contributed by atoms with Gasteiger partial charge >= 0.3 is 5.97 Å². The summed E-state index contributed by atoms with van der Waals surface area (Å²) < 4.78 is 23.4. The largest absolute Gasteiger partial charge is 0.502 e. The minimum atomic E-state index is -0.942. The number of hydrogen-bond donors (Lipinski definition) is 2. The molecule has 2 aromatic heterocycles.